The molecule has 3 aromatic rings. The van der Waals surface area contributed by atoms with Gasteiger partial charge in [0.05, 0.1) is 23.4 Å². The molecule has 0 aliphatic carbocycles. The van der Waals surface area contributed by atoms with Crippen molar-refractivity contribution in [1.82, 2.24) is 5.32 Å². The van der Waals surface area contributed by atoms with Crippen molar-refractivity contribution >= 4 is 35.3 Å². The van der Waals surface area contributed by atoms with Gasteiger partial charge in [0.25, 0.3) is 5.91 Å². The molecule has 0 spiro atoms. The molecule has 5 nitrogen and oxygen atoms in total. The molecular formula is C23H20N2O3S. The van der Waals surface area contributed by atoms with E-state index >= 15 is 0 Å². The summed E-state index contributed by atoms with van der Waals surface area (Å²) in [5, 5.41) is 2.80. The Balaban J connectivity index is 1.59. The number of aryl methyl sites for hydroxylation is 1. The number of carbonyl (C=O) groups is 2. The molecule has 0 saturated heterocycles. The second-order valence-corrected chi connectivity index (χ2v) is 7.77. The Hall–Kier alpha value is -3.25. The molecule has 2 heterocycles. The van der Waals surface area contributed by atoms with Crippen LogP contribution in [0.1, 0.15) is 16.9 Å². The van der Waals surface area contributed by atoms with Gasteiger partial charge in [0.2, 0.25) is 5.91 Å². The smallest absolute Gasteiger partial charge is 0.265 e. The van der Waals surface area contributed by atoms with Crippen LogP contribution in [0.25, 0.3) is 6.08 Å². The number of furan rings is 1. The van der Waals surface area contributed by atoms with Gasteiger partial charge in [0.15, 0.2) is 0 Å². The minimum Gasteiger partial charge on any atom is -0.467 e. The van der Waals surface area contributed by atoms with Gasteiger partial charge in [-0.15, -0.1) is 0 Å². The van der Waals surface area contributed by atoms with Gasteiger partial charge in [-0.2, -0.15) is 0 Å². The first-order chi connectivity index (χ1) is 14.1. The SMILES string of the molecule is Cc1ccccc1C=C1Sc2ccccc2N(CC(=O)NCc2ccco2)C1=O. The summed E-state index contributed by atoms with van der Waals surface area (Å²) in [6.45, 7) is 2.25. The number of carbonyl (C=O) groups excluding carboxylic acids is 2. The molecule has 4 rings (SSSR count). The summed E-state index contributed by atoms with van der Waals surface area (Å²) in [4.78, 5) is 28.8. The van der Waals surface area contributed by atoms with Crippen LogP contribution in [0.3, 0.4) is 0 Å². The van der Waals surface area contributed by atoms with Gasteiger partial charge in [-0.25, -0.2) is 0 Å². The van der Waals surface area contributed by atoms with Crippen molar-refractivity contribution in [3.05, 3.63) is 88.7 Å². The highest BCUT2D eigenvalue weighted by molar-refractivity contribution is 8.04. The molecule has 146 valence electrons. The van der Waals surface area contributed by atoms with E-state index in [1.807, 2.05) is 61.5 Å². The van der Waals surface area contributed by atoms with Crippen LogP contribution >= 0.6 is 11.8 Å². The second-order valence-electron chi connectivity index (χ2n) is 6.68. The van der Waals surface area contributed by atoms with Crippen molar-refractivity contribution in [3.8, 4) is 0 Å². The molecule has 1 aromatic heterocycles. The highest BCUT2D eigenvalue weighted by atomic mass is 32.2. The lowest BCUT2D eigenvalue weighted by molar-refractivity contribution is -0.122. The summed E-state index contributed by atoms with van der Waals surface area (Å²) in [5.74, 6) is 0.246. The maximum atomic E-state index is 13.2. The summed E-state index contributed by atoms with van der Waals surface area (Å²) in [7, 11) is 0. The zero-order valence-electron chi connectivity index (χ0n) is 15.9. The van der Waals surface area contributed by atoms with Crippen LogP contribution in [0.4, 0.5) is 5.69 Å². The lowest BCUT2D eigenvalue weighted by atomic mass is 10.1. The second kappa shape index (κ2) is 8.41. The van der Waals surface area contributed by atoms with E-state index in [-0.39, 0.29) is 24.9 Å². The number of rotatable bonds is 5. The van der Waals surface area contributed by atoms with E-state index in [0.29, 0.717) is 10.7 Å². The number of anilines is 1. The van der Waals surface area contributed by atoms with Crippen molar-refractivity contribution in [2.75, 3.05) is 11.4 Å². The maximum absolute atomic E-state index is 13.2. The van der Waals surface area contributed by atoms with Gasteiger partial charge in [-0.1, -0.05) is 48.2 Å². The Morgan fingerprint density at radius 3 is 2.69 bits per heavy atom. The number of hydrogen-bond donors (Lipinski definition) is 1. The minimum absolute atomic E-state index is 0.0533. The molecule has 29 heavy (non-hydrogen) atoms. The van der Waals surface area contributed by atoms with Crippen LogP contribution in [0.5, 0.6) is 0 Å². The van der Waals surface area contributed by atoms with Crippen LogP contribution in [-0.4, -0.2) is 18.4 Å². The quantitative estimate of drug-likeness (QED) is 0.641. The number of para-hydroxylation sites is 1. The third-order valence-corrected chi connectivity index (χ3v) is 5.73. The predicted octanol–water partition coefficient (Wildman–Crippen LogP) is 4.38. The average Bonchev–Trinajstić information content (AvgIpc) is 3.25. The third-order valence-electron chi connectivity index (χ3n) is 4.65. The molecule has 2 aromatic carbocycles. The fourth-order valence-corrected chi connectivity index (χ4v) is 4.16. The zero-order valence-corrected chi connectivity index (χ0v) is 16.7. The van der Waals surface area contributed by atoms with Crippen molar-refractivity contribution in [2.45, 2.75) is 18.4 Å². The Labute approximate surface area is 173 Å². The van der Waals surface area contributed by atoms with E-state index in [4.69, 9.17) is 4.42 Å². The number of hydrogen-bond acceptors (Lipinski definition) is 4. The average molecular weight is 404 g/mol. The normalized spacial score (nSPS) is 14.7. The van der Waals surface area contributed by atoms with Crippen LogP contribution in [-0.2, 0) is 16.1 Å². The van der Waals surface area contributed by atoms with Crippen LogP contribution in [0.15, 0.2) is 81.1 Å². The largest absolute Gasteiger partial charge is 0.467 e. The predicted molar refractivity (Wildman–Crippen MR) is 114 cm³/mol. The number of amides is 2. The first-order valence-electron chi connectivity index (χ1n) is 9.27. The van der Waals surface area contributed by atoms with Crippen molar-refractivity contribution in [2.24, 2.45) is 0 Å². The number of fused-ring (bicyclic) bond motifs is 1. The number of benzene rings is 2. The van der Waals surface area contributed by atoms with Gasteiger partial charge in [0.1, 0.15) is 12.3 Å². The van der Waals surface area contributed by atoms with E-state index < -0.39 is 0 Å². The molecular weight excluding hydrogens is 384 g/mol. The Morgan fingerprint density at radius 2 is 1.90 bits per heavy atom. The fourth-order valence-electron chi connectivity index (χ4n) is 3.11. The molecule has 0 unspecified atom stereocenters. The zero-order chi connectivity index (χ0) is 20.2. The molecule has 0 fully saturated rings. The summed E-state index contributed by atoms with van der Waals surface area (Å²) < 4.78 is 5.24. The standard InChI is InChI=1S/C23H20N2O3S/c1-16-7-2-3-8-17(16)13-21-23(27)25(19-10-4-5-11-20(19)29-21)15-22(26)24-14-18-9-6-12-28-18/h2-13H,14-15H2,1H3,(H,24,26). The molecule has 2 amide bonds. The van der Waals surface area contributed by atoms with Crippen LogP contribution < -0.4 is 10.2 Å². The molecule has 1 aliphatic heterocycles. The van der Waals surface area contributed by atoms with Crippen molar-refractivity contribution in [1.29, 1.82) is 0 Å². The Morgan fingerprint density at radius 1 is 1.10 bits per heavy atom. The minimum atomic E-state index is -0.244. The summed E-state index contributed by atoms with van der Waals surface area (Å²) >= 11 is 1.43. The molecule has 0 atom stereocenters. The topological polar surface area (TPSA) is 62.6 Å². The maximum Gasteiger partial charge on any atom is 0.265 e. The summed E-state index contributed by atoms with van der Waals surface area (Å²) in [5.41, 5.74) is 2.83. The molecule has 0 bridgehead atoms. The molecule has 1 aliphatic rings. The first kappa shape index (κ1) is 19.1. The van der Waals surface area contributed by atoms with E-state index in [0.717, 1.165) is 21.7 Å². The van der Waals surface area contributed by atoms with Gasteiger partial charge in [-0.3, -0.25) is 14.5 Å². The monoisotopic (exact) mass is 404 g/mol. The van der Waals surface area contributed by atoms with Crippen molar-refractivity contribution in [3.63, 3.8) is 0 Å². The van der Waals surface area contributed by atoms with Gasteiger partial charge in [0, 0.05) is 4.90 Å². The molecule has 1 N–H and O–H groups in total. The Bertz CT molecular complexity index is 1070. The van der Waals surface area contributed by atoms with E-state index in [2.05, 4.69) is 5.32 Å². The highest BCUT2D eigenvalue weighted by Crippen LogP contribution is 2.42. The highest BCUT2D eigenvalue weighted by Gasteiger charge is 2.30. The number of thioether (sulfide) groups is 1. The fraction of sp³-hybridized carbons (Fsp3) is 0.130. The van der Waals surface area contributed by atoms with Gasteiger partial charge < -0.3 is 9.73 Å². The lowest BCUT2D eigenvalue weighted by Crippen LogP contribution is -2.42. The first-order valence-corrected chi connectivity index (χ1v) is 10.1. The summed E-state index contributed by atoms with van der Waals surface area (Å²) in [6, 6.07) is 19.1. The van der Waals surface area contributed by atoms with Crippen LogP contribution in [0.2, 0.25) is 0 Å². The van der Waals surface area contributed by atoms with Crippen molar-refractivity contribution < 1.29 is 14.0 Å². The van der Waals surface area contributed by atoms with E-state index in [9.17, 15) is 9.59 Å². The van der Waals surface area contributed by atoms with E-state index in [1.165, 1.54) is 16.7 Å². The molecule has 6 heteroatoms. The molecule has 0 radical (unpaired) electrons. The third kappa shape index (κ3) is 4.27. The lowest BCUT2D eigenvalue weighted by Gasteiger charge is -2.29. The van der Waals surface area contributed by atoms with Crippen LogP contribution in [0, 0.1) is 6.92 Å². The summed E-state index contributed by atoms with van der Waals surface area (Å²) in [6.07, 6.45) is 3.46. The number of nitrogens with one attached hydrogen (secondary N) is 1. The van der Waals surface area contributed by atoms with Gasteiger partial charge in [-0.05, 0) is 48.4 Å². The Kier molecular flexibility index (Phi) is 5.53. The number of nitrogens with zero attached hydrogens (tertiary/aromatic N) is 1. The van der Waals surface area contributed by atoms with Gasteiger partial charge >= 0.3 is 0 Å². The van der Waals surface area contributed by atoms with E-state index in [1.54, 1.807) is 18.4 Å². The molecule has 0 saturated carbocycles.